The second kappa shape index (κ2) is 10.5. The Balaban J connectivity index is 1.60. The maximum atomic E-state index is 12.8. The maximum Gasteiger partial charge on any atom is 0.344 e. The number of carbonyl (C=O) groups is 2. The number of hydrogen-bond donors (Lipinski definition) is 0. The van der Waals surface area contributed by atoms with Crippen molar-refractivity contribution in [2.24, 2.45) is 0 Å². The molecule has 0 bridgehead atoms. The van der Waals surface area contributed by atoms with E-state index in [4.69, 9.17) is 14.2 Å². The predicted octanol–water partition coefficient (Wildman–Crippen LogP) is 3.92. The Morgan fingerprint density at radius 2 is 1.83 bits per heavy atom. The van der Waals surface area contributed by atoms with Gasteiger partial charge < -0.3 is 14.2 Å². The molecule has 30 heavy (non-hydrogen) atoms. The molecule has 0 saturated carbocycles. The van der Waals surface area contributed by atoms with Gasteiger partial charge in [-0.1, -0.05) is 32.4 Å². The van der Waals surface area contributed by atoms with Crippen LogP contribution in [0.25, 0.3) is 0 Å². The van der Waals surface area contributed by atoms with E-state index in [0.29, 0.717) is 46.3 Å². The van der Waals surface area contributed by atoms with Crippen LogP contribution in [0.15, 0.2) is 52.3 Å². The molecule has 0 amide bonds. The SMILES string of the molecule is CCCCOCC(CC)OC(=O)COc1ccc2c(c1)C(=O)c1ccccc1S2=O. The lowest BCUT2D eigenvalue weighted by atomic mass is 10.0. The van der Waals surface area contributed by atoms with Crippen LogP contribution in [0, 0.1) is 0 Å². The number of hydrogen-bond acceptors (Lipinski definition) is 6. The first-order chi connectivity index (χ1) is 14.5. The van der Waals surface area contributed by atoms with Gasteiger partial charge in [-0.05, 0) is 43.2 Å². The van der Waals surface area contributed by atoms with Crippen LogP contribution in [-0.2, 0) is 25.1 Å². The minimum absolute atomic E-state index is 0.205. The van der Waals surface area contributed by atoms with Crippen molar-refractivity contribution in [3.63, 3.8) is 0 Å². The molecule has 3 rings (SSSR count). The van der Waals surface area contributed by atoms with E-state index in [1.165, 1.54) is 6.07 Å². The van der Waals surface area contributed by atoms with Gasteiger partial charge >= 0.3 is 5.97 Å². The van der Waals surface area contributed by atoms with Crippen molar-refractivity contribution >= 4 is 22.6 Å². The summed E-state index contributed by atoms with van der Waals surface area (Å²) in [6.07, 6.45) is 2.35. The highest BCUT2D eigenvalue weighted by molar-refractivity contribution is 7.85. The van der Waals surface area contributed by atoms with Crippen molar-refractivity contribution in [2.45, 2.75) is 49.0 Å². The first-order valence-corrected chi connectivity index (χ1v) is 11.3. The number of unbranched alkanes of at least 4 members (excludes halogenated alkanes) is 1. The fourth-order valence-corrected chi connectivity index (χ4v) is 4.42. The lowest BCUT2D eigenvalue weighted by Gasteiger charge is -2.19. The van der Waals surface area contributed by atoms with E-state index in [0.717, 1.165) is 12.8 Å². The molecule has 1 aliphatic rings. The molecule has 2 aromatic rings. The normalized spacial score (nSPS) is 15.8. The van der Waals surface area contributed by atoms with Crippen LogP contribution in [0.1, 0.15) is 49.0 Å². The molecule has 0 spiro atoms. The topological polar surface area (TPSA) is 78.9 Å². The Kier molecular flexibility index (Phi) is 7.76. The van der Waals surface area contributed by atoms with Gasteiger partial charge in [0.1, 0.15) is 11.9 Å². The van der Waals surface area contributed by atoms with Crippen LogP contribution in [-0.4, -0.2) is 41.9 Å². The molecule has 0 saturated heterocycles. The Labute approximate surface area is 179 Å². The maximum absolute atomic E-state index is 12.8. The number of benzene rings is 2. The molecule has 0 fully saturated rings. The highest BCUT2D eigenvalue weighted by Gasteiger charge is 2.29. The van der Waals surface area contributed by atoms with Gasteiger partial charge in [0, 0.05) is 17.7 Å². The van der Waals surface area contributed by atoms with Crippen molar-refractivity contribution < 1.29 is 28.0 Å². The highest BCUT2D eigenvalue weighted by Crippen LogP contribution is 2.33. The summed E-state index contributed by atoms with van der Waals surface area (Å²) in [6.45, 7) is 4.74. The van der Waals surface area contributed by atoms with E-state index in [9.17, 15) is 13.8 Å². The van der Waals surface area contributed by atoms with Gasteiger partial charge in [-0.3, -0.25) is 4.79 Å². The molecule has 7 heteroatoms. The number of carbonyl (C=O) groups excluding carboxylic acids is 2. The Morgan fingerprint density at radius 3 is 2.60 bits per heavy atom. The van der Waals surface area contributed by atoms with Gasteiger partial charge in [-0.2, -0.15) is 0 Å². The fraction of sp³-hybridized carbons (Fsp3) is 0.391. The summed E-state index contributed by atoms with van der Waals surface area (Å²) in [5.41, 5.74) is 0.752. The van der Waals surface area contributed by atoms with Crippen LogP contribution in [0.3, 0.4) is 0 Å². The Bertz CT molecular complexity index is 939. The van der Waals surface area contributed by atoms with Crippen molar-refractivity contribution in [1.82, 2.24) is 0 Å². The molecule has 1 heterocycles. The van der Waals surface area contributed by atoms with Gasteiger partial charge in [-0.25, -0.2) is 9.00 Å². The second-order valence-electron chi connectivity index (χ2n) is 6.99. The van der Waals surface area contributed by atoms with Crippen LogP contribution in [0.4, 0.5) is 0 Å². The van der Waals surface area contributed by atoms with Crippen molar-refractivity contribution in [2.75, 3.05) is 19.8 Å². The number of fused-ring (bicyclic) bond motifs is 2. The number of rotatable bonds is 10. The lowest BCUT2D eigenvalue weighted by molar-refractivity contribution is -0.154. The Hall–Kier alpha value is -2.51. The van der Waals surface area contributed by atoms with E-state index < -0.39 is 16.8 Å². The summed E-state index contributed by atoms with van der Waals surface area (Å²) in [4.78, 5) is 25.9. The van der Waals surface area contributed by atoms with Crippen LogP contribution in [0.2, 0.25) is 0 Å². The van der Waals surface area contributed by atoms with Gasteiger partial charge in [0.05, 0.1) is 27.2 Å². The largest absolute Gasteiger partial charge is 0.482 e. The molecule has 1 aliphatic heterocycles. The number of ether oxygens (including phenoxy) is 3. The monoisotopic (exact) mass is 430 g/mol. The zero-order valence-electron chi connectivity index (χ0n) is 17.2. The quantitative estimate of drug-likeness (QED) is 0.358. The van der Waals surface area contributed by atoms with Crippen molar-refractivity contribution in [3.8, 4) is 5.75 Å². The van der Waals surface area contributed by atoms with Crippen molar-refractivity contribution in [1.29, 1.82) is 0 Å². The molecule has 6 nitrogen and oxygen atoms in total. The number of ketones is 1. The summed E-state index contributed by atoms with van der Waals surface area (Å²) in [5.74, 6) is -0.356. The smallest absolute Gasteiger partial charge is 0.344 e. The molecule has 0 aromatic heterocycles. The summed E-state index contributed by atoms with van der Waals surface area (Å²) in [6, 6.07) is 11.6. The molecule has 0 aliphatic carbocycles. The minimum atomic E-state index is -1.43. The standard InChI is InChI=1S/C23H26O6S/c1-3-5-12-27-14-16(4-2)29-22(24)15-28-17-10-11-21-19(13-17)23(25)18-8-6-7-9-20(18)30(21)26/h6-11,13,16H,3-5,12,14-15H2,1-2H3. The molecular weight excluding hydrogens is 404 g/mol. The molecule has 160 valence electrons. The van der Waals surface area contributed by atoms with E-state index in [1.54, 1.807) is 36.4 Å². The van der Waals surface area contributed by atoms with E-state index in [1.807, 2.05) is 6.92 Å². The fourth-order valence-electron chi connectivity index (χ4n) is 3.08. The van der Waals surface area contributed by atoms with Gasteiger partial charge in [0.2, 0.25) is 0 Å². The molecule has 2 atom stereocenters. The van der Waals surface area contributed by atoms with E-state index >= 15 is 0 Å². The van der Waals surface area contributed by atoms with Crippen LogP contribution >= 0.6 is 0 Å². The average Bonchev–Trinajstić information content (AvgIpc) is 2.78. The molecule has 0 radical (unpaired) electrons. The molecule has 2 unspecified atom stereocenters. The highest BCUT2D eigenvalue weighted by atomic mass is 32.2. The lowest BCUT2D eigenvalue weighted by Crippen LogP contribution is -2.26. The summed E-state index contributed by atoms with van der Waals surface area (Å²) in [7, 11) is -1.43. The minimum Gasteiger partial charge on any atom is -0.482 e. The van der Waals surface area contributed by atoms with Crippen LogP contribution in [0.5, 0.6) is 5.75 Å². The second-order valence-corrected chi connectivity index (χ2v) is 8.41. The molecule has 2 aromatic carbocycles. The first kappa shape index (κ1) is 22.2. The first-order valence-electron chi connectivity index (χ1n) is 10.1. The summed E-state index contributed by atoms with van der Waals surface area (Å²) < 4.78 is 29.2. The number of esters is 1. The van der Waals surface area contributed by atoms with Crippen LogP contribution < -0.4 is 4.74 Å². The third-order valence-corrected chi connectivity index (χ3v) is 6.29. The predicted molar refractivity (Wildman–Crippen MR) is 112 cm³/mol. The third kappa shape index (κ3) is 5.15. The summed E-state index contributed by atoms with van der Waals surface area (Å²) in [5, 5.41) is 0. The van der Waals surface area contributed by atoms with Gasteiger partial charge in [0.25, 0.3) is 0 Å². The third-order valence-electron chi connectivity index (χ3n) is 4.78. The van der Waals surface area contributed by atoms with Gasteiger partial charge in [0.15, 0.2) is 12.4 Å². The Morgan fingerprint density at radius 1 is 1.07 bits per heavy atom. The summed E-state index contributed by atoms with van der Waals surface area (Å²) >= 11 is 0. The zero-order chi connectivity index (χ0) is 21.5. The molecular formula is C23H26O6S. The average molecular weight is 431 g/mol. The zero-order valence-corrected chi connectivity index (χ0v) is 18.0. The molecule has 0 N–H and O–H groups in total. The van der Waals surface area contributed by atoms with Gasteiger partial charge in [-0.15, -0.1) is 0 Å². The van der Waals surface area contributed by atoms with Crippen molar-refractivity contribution in [3.05, 3.63) is 53.6 Å². The van der Waals surface area contributed by atoms with E-state index in [2.05, 4.69) is 6.92 Å². The van der Waals surface area contributed by atoms with E-state index in [-0.39, 0.29) is 18.5 Å².